The molecule has 0 aliphatic carbocycles. The number of hydrogen-bond donors (Lipinski definition) is 0. The monoisotopic (exact) mass is 263 g/mol. The highest BCUT2D eigenvalue weighted by molar-refractivity contribution is 5.49. The molecule has 2 heterocycles. The minimum absolute atomic E-state index is 0.320. The van der Waals surface area contributed by atoms with Gasteiger partial charge in [0.1, 0.15) is 0 Å². The molecular formula is C15H21NO3. The van der Waals surface area contributed by atoms with Crippen molar-refractivity contribution in [2.45, 2.75) is 31.9 Å². The van der Waals surface area contributed by atoms with Crippen molar-refractivity contribution in [2.75, 3.05) is 27.5 Å². The van der Waals surface area contributed by atoms with Gasteiger partial charge in [-0.1, -0.05) is 0 Å². The molecule has 0 N–H and O–H groups in total. The maximum atomic E-state index is 5.73. The lowest BCUT2D eigenvalue weighted by Crippen LogP contribution is -2.43. The number of hydrogen-bond acceptors (Lipinski definition) is 4. The smallest absolute Gasteiger partial charge is 0.161 e. The molecule has 0 amide bonds. The predicted molar refractivity (Wildman–Crippen MR) is 72.7 cm³/mol. The van der Waals surface area contributed by atoms with E-state index in [1.807, 2.05) is 0 Å². The summed E-state index contributed by atoms with van der Waals surface area (Å²) < 4.78 is 16.6. The SMILES string of the molecule is COc1cc2c(cc1OC)[C@@H]1C[C@H](C)OCN1CC2. The first kappa shape index (κ1) is 12.8. The van der Waals surface area contributed by atoms with Gasteiger partial charge in [0.05, 0.1) is 27.1 Å². The van der Waals surface area contributed by atoms with E-state index in [4.69, 9.17) is 14.2 Å². The Balaban J connectivity index is 2.01. The number of fused-ring (bicyclic) bond motifs is 3. The summed E-state index contributed by atoms with van der Waals surface area (Å²) in [5.74, 6) is 1.65. The molecule has 2 aliphatic heterocycles. The third kappa shape index (κ3) is 2.19. The molecule has 2 atom stereocenters. The maximum absolute atomic E-state index is 5.73. The molecule has 0 aromatic heterocycles. The van der Waals surface area contributed by atoms with Crippen LogP contribution in [0.15, 0.2) is 12.1 Å². The number of benzene rings is 1. The molecular weight excluding hydrogens is 242 g/mol. The maximum Gasteiger partial charge on any atom is 0.161 e. The van der Waals surface area contributed by atoms with Gasteiger partial charge in [-0.3, -0.25) is 4.90 Å². The Kier molecular flexibility index (Phi) is 3.37. The van der Waals surface area contributed by atoms with Gasteiger partial charge in [0.25, 0.3) is 0 Å². The lowest BCUT2D eigenvalue weighted by atomic mass is 9.88. The molecule has 104 valence electrons. The zero-order valence-electron chi connectivity index (χ0n) is 11.8. The molecule has 0 radical (unpaired) electrons. The van der Waals surface area contributed by atoms with Crippen LogP contribution in [0.25, 0.3) is 0 Å². The molecule has 1 aromatic rings. The fraction of sp³-hybridized carbons (Fsp3) is 0.600. The van der Waals surface area contributed by atoms with Crippen LogP contribution in [-0.2, 0) is 11.2 Å². The summed E-state index contributed by atoms with van der Waals surface area (Å²) in [5.41, 5.74) is 2.76. The van der Waals surface area contributed by atoms with E-state index in [0.29, 0.717) is 12.1 Å². The van der Waals surface area contributed by atoms with Crippen LogP contribution in [0.4, 0.5) is 0 Å². The van der Waals surface area contributed by atoms with E-state index in [-0.39, 0.29) is 0 Å². The Hall–Kier alpha value is -1.26. The molecule has 0 bridgehead atoms. The van der Waals surface area contributed by atoms with Crippen molar-refractivity contribution in [3.8, 4) is 11.5 Å². The van der Waals surface area contributed by atoms with Gasteiger partial charge in [0, 0.05) is 12.6 Å². The summed E-state index contributed by atoms with van der Waals surface area (Å²) in [5, 5.41) is 0. The number of ether oxygens (including phenoxy) is 3. The van der Waals surface area contributed by atoms with Crippen molar-refractivity contribution in [3.63, 3.8) is 0 Å². The first-order valence-electron chi connectivity index (χ1n) is 6.83. The van der Waals surface area contributed by atoms with E-state index in [9.17, 15) is 0 Å². The second kappa shape index (κ2) is 5.02. The molecule has 0 unspecified atom stereocenters. The fourth-order valence-electron chi connectivity index (χ4n) is 3.12. The third-order valence-corrected chi connectivity index (χ3v) is 4.19. The van der Waals surface area contributed by atoms with Crippen molar-refractivity contribution < 1.29 is 14.2 Å². The van der Waals surface area contributed by atoms with E-state index < -0.39 is 0 Å². The van der Waals surface area contributed by atoms with E-state index >= 15 is 0 Å². The molecule has 1 fully saturated rings. The number of methoxy groups -OCH3 is 2. The second-order valence-corrected chi connectivity index (χ2v) is 5.33. The highest BCUT2D eigenvalue weighted by Crippen LogP contribution is 2.41. The van der Waals surface area contributed by atoms with Crippen LogP contribution in [0.2, 0.25) is 0 Å². The van der Waals surface area contributed by atoms with Crippen LogP contribution in [-0.4, -0.2) is 38.5 Å². The van der Waals surface area contributed by atoms with Crippen molar-refractivity contribution in [1.82, 2.24) is 4.90 Å². The van der Waals surface area contributed by atoms with Crippen LogP contribution in [0.5, 0.6) is 11.5 Å². The Morgan fingerprint density at radius 3 is 2.68 bits per heavy atom. The summed E-state index contributed by atoms with van der Waals surface area (Å²) in [7, 11) is 3.38. The van der Waals surface area contributed by atoms with Crippen molar-refractivity contribution in [3.05, 3.63) is 23.3 Å². The van der Waals surface area contributed by atoms with Crippen LogP contribution >= 0.6 is 0 Å². The summed E-state index contributed by atoms with van der Waals surface area (Å²) in [6, 6.07) is 4.72. The Bertz CT molecular complexity index is 475. The van der Waals surface area contributed by atoms with Gasteiger partial charge < -0.3 is 14.2 Å². The van der Waals surface area contributed by atoms with Crippen LogP contribution in [0, 0.1) is 0 Å². The molecule has 4 heteroatoms. The van der Waals surface area contributed by atoms with Gasteiger partial charge in [0.15, 0.2) is 11.5 Å². The first-order valence-corrected chi connectivity index (χ1v) is 6.83. The van der Waals surface area contributed by atoms with Crippen molar-refractivity contribution >= 4 is 0 Å². The Morgan fingerprint density at radius 2 is 1.95 bits per heavy atom. The zero-order chi connectivity index (χ0) is 13.4. The molecule has 4 nitrogen and oxygen atoms in total. The van der Waals surface area contributed by atoms with Gasteiger partial charge in [-0.15, -0.1) is 0 Å². The minimum atomic E-state index is 0.320. The van der Waals surface area contributed by atoms with E-state index in [1.165, 1.54) is 11.1 Å². The first-order chi connectivity index (χ1) is 9.22. The van der Waals surface area contributed by atoms with Crippen LogP contribution < -0.4 is 9.47 Å². The van der Waals surface area contributed by atoms with Gasteiger partial charge in [-0.2, -0.15) is 0 Å². The summed E-state index contributed by atoms with van der Waals surface area (Å²) in [6.07, 6.45) is 2.41. The van der Waals surface area contributed by atoms with Gasteiger partial charge in [-0.25, -0.2) is 0 Å². The molecule has 3 rings (SSSR count). The molecule has 19 heavy (non-hydrogen) atoms. The molecule has 1 saturated heterocycles. The molecule has 2 aliphatic rings. The summed E-state index contributed by atoms with van der Waals surface area (Å²) in [6.45, 7) is 3.94. The van der Waals surface area contributed by atoms with Crippen molar-refractivity contribution in [1.29, 1.82) is 0 Å². The third-order valence-electron chi connectivity index (χ3n) is 4.19. The van der Waals surface area contributed by atoms with Crippen LogP contribution in [0.3, 0.4) is 0 Å². The standard InChI is InChI=1S/C15H21NO3/c1-10-6-13-12-8-15(18-3)14(17-2)7-11(12)4-5-16(13)9-19-10/h7-8,10,13H,4-6,9H2,1-3H3/t10-,13-/m0/s1. The molecule has 0 saturated carbocycles. The largest absolute Gasteiger partial charge is 0.493 e. The number of nitrogens with zero attached hydrogens (tertiary/aromatic N) is 1. The lowest BCUT2D eigenvalue weighted by Gasteiger charge is -2.42. The normalized spacial score (nSPS) is 26.5. The fourth-order valence-corrected chi connectivity index (χ4v) is 3.12. The average Bonchev–Trinajstić information content (AvgIpc) is 2.45. The zero-order valence-corrected chi connectivity index (χ0v) is 11.8. The quantitative estimate of drug-likeness (QED) is 0.819. The highest BCUT2D eigenvalue weighted by Gasteiger charge is 2.33. The Morgan fingerprint density at radius 1 is 1.21 bits per heavy atom. The van der Waals surface area contributed by atoms with Crippen LogP contribution in [0.1, 0.15) is 30.5 Å². The second-order valence-electron chi connectivity index (χ2n) is 5.33. The van der Waals surface area contributed by atoms with Gasteiger partial charge in [0.2, 0.25) is 0 Å². The number of rotatable bonds is 2. The van der Waals surface area contributed by atoms with Gasteiger partial charge >= 0.3 is 0 Å². The summed E-state index contributed by atoms with van der Waals surface area (Å²) in [4.78, 5) is 2.41. The minimum Gasteiger partial charge on any atom is -0.493 e. The van der Waals surface area contributed by atoms with Gasteiger partial charge in [-0.05, 0) is 43.0 Å². The average molecular weight is 263 g/mol. The Labute approximate surface area is 114 Å². The van der Waals surface area contributed by atoms with E-state index in [0.717, 1.165) is 37.6 Å². The molecule has 0 spiro atoms. The van der Waals surface area contributed by atoms with E-state index in [1.54, 1.807) is 14.2 Å². The summed E-state index contributed by atoms with van der Waals surface area (Å²) >= 11 is 0. The predicted octanol–water partition coefficient (Wildman–Crippen LogP) is 2.37. The highest BCUT2D eigenvalue weighted by atomic mass is 16.5. The lowest BCUT2D eigenvalue weighted by molar-refractivity contribution is -0.0937. The van der Waals surface area contributed by atoms with Crippen molar-refractivity contribution in [2.24, 2.45) is 0 Å². The molecule has 1 aromatic carbocycles. The topological polar surface area (TPSA) is 30.9 Å². The van der Waals surface area contributed by atoms with E-state index in [2.05, 4.69) is 24.0 Å².